The molecule has 0 unspecified atom stereocenters. The summed E-state index contributed by atoms with van der Waals surface area (Å²) in [5.41, 5.74) is 0. The quantitative estimate of drug-likeness (QED) is 0.321. The van der Waals surface area contributed by atoms with Gasteiger partial charge >= 0.3 is 0 Å². The van der Waals surface area contributed by atoms with Gasteiger partial charge in [-0.25, -0.2) is 17.2 Å². The zero-order chi connectivity index (χ0) is 7.86. The molecule has 0 saturated carbocycles. The van der Waals surface area contributed by atoms with Crippen LogP contribution >= 0.6 is 22.6 Å². The average molecular weight is 274 g/mol. The van der Waals surface area contributed by atoms with Gasteiger partial charge < -0.3 is 0 Å². The Balaban J connectivity index is 0. The lowest BCUT2D eigenvalue weighted by Gasteiger charge is -1.80. The summed E-state index contributed by atoms with van der Waals surface area (Å²) in [6.45, 7) is 0. The van der Waals surface area contributed by atoms with Crippen molar-refractivity contribution in [2.24, 2.45) is 0 Å². The number of hydrogen-bond acceptors (Lipinski definition) is 2. The summed E-state index contributed by atoms with van der Waals surface area (Å²) in [7, 11) is -3.12. The van der Waals surface area contributed by atoms with Crippen LogP contribution in [-0.2, 0) is 11.0 Å². The van der Waals surface area contributed by atoms with Gasteiger partial charge in [0, 0.05) is 0 Å². The topological polar surface area (TPSA) is 54.4 Å². The van der Waals surface area contributed by atoms with Crippen molar-refractivity contribution in [3.63, 3.8) is 0 Å². The number of halogens is 3. The van der Waals surface area contributed by atoms with E-state index in [2.05, 4.69) is 0 Å². The third-order valence-electron chi connectivity index (χ3n) is 0.117. The van der Waals surface area contributed by atoms with E-state index in [4.69, 9.17) is 13.0 Å². The normalized spacial score (nSPS) is 9.11. The van der Waals surface area contributed by atoms with Crippen LogP contribution in [0.15, 0.2) is 0 Å². The van der Waals surface area contributed by atoms with Gasteiger partial charge in [0.25, 0.3) is 11.0 Å². The predicted octanol–water partition coefficient (Wildman–Crippen LogP) is 0.757. The molecule has 0 bridgehead atoms. The Morgan fingerprint density at radius 1 is 1.56 bits per heavy atom. The maximum absolute atomic E-state index is 10.8. The summed E-state index contributed by atoms with van der Waals surface area (Å²) in [4.78, 5) is 0. The van der Waals surface area contributed by atoms with E-state index in [9.17, 15) is 8.78 Å². The lowest BCUT2D eigenvalue weighted by Crippen LogP contribution is -1.86. The van der Waals surface area contributed by atoms with Crippen molar-refractivity contribution in [1.29, 1.82) is 0 Å². The van der Waals surface area contributed by atoms with Crippen LogP contribution < -0.4 is 0 Å². The van der Waals surface area contributed by atoms with E-state index in [-0.39, 0.29) is 4.43 Å². The molecule has 0 aliphatic rings. The fourth-order valence-corrected chi connectivity index (χ4v) is 0. The molecular formula is C2H5F2IO3S. The number of rotatable bonds is 1. The molecule has 0 rings (SSSR count). The second-order valence-corrected chi connectivity index (χ2v) is 2.14. The van der Waals surface area contributed by atoms with Gasteiger partial charge in [-0.15, -0.1) is 0 Å². The van der Waals surface area contributed by atoms with Crippen molar-refractivity contribution >= 4 is 33.6 Å². The highest BCUT2D eigenvalue weighted by Crippen LogP contribution is 1.94. The van der Waals surface area contributed by atoms with Crippen LogP contribution in [0.1, 0.15) is 0 Å². The molecule has 0 aromatic carbocycles. The van der Waals surface area contributed by atoms with E-state index in [0.29, 0.717) is 0 Å². The fraction of sp³-hybridized carbons (Fsp3) is 1.00. The van der Waals surface area contributed by atoms with Gasteiger partial charge in [-0.05, 0) is 0 Å². The molecule has 0 aliphatic carbocycles. The summed E-state index contributed by atoms with van der Waals surface area (Å²) in [5.74, 6) is 0. The highest BCUT2D eigenvalue weighted by atomic mass is 127. The van der Waals surface area contributed by atoms with Gasteiger partial charge in [0.2, 0.25) is 6.43 Å². The fourth-order valence-electron chi connectivity index (χ4n) is 0. The Kier molecular flexibility index (Phi) is 11.5. The largest absolute Gasteiger partial charge is 0.288 e. The van der Waals surface area contributed by atoms with Gasteiger partial charge in [0.05, 0.1) is 4.43 Å². The molecule has 0 amide bonds. The van der Waals surface area contributed by atoms with Gasteiger partial charge in [0.1, 0.15) is 0 Å². The SMILES string of the molecule is FC(F)CI.O=[SH](=O)O. The lowest BCUT2D eigenvalue weighted by molar-refractivity contribution is 0.180. The minimum Gasteiger partial charge on any atom is -0.288 e. The summed E-state index contributed by atoms with van der Waals surface area (Å²) >= 11 is 1.63. The molecule has 58 valence electrons. The Bertz CT molecular complexity index is 106. The van der Waals surface area contributed by atoms with Crippen molar-refractivity contribution < 1.29 is 21.8 Å². The van der Waals surface area contributed by atoms with Crippen LogP contribution in [0.2, 0.25) is 0 Å². The Morgan fingerprint density at radius 3 is 1.67 bits per heavy atom. The maximum Gasteiger partial charge on any atom is 0.254 e. The first-order valence-corrected chi connectivity index (χ1v) is 4.33. The van der Waals surface area contributed by atoms with E-state index < -0.39 is 17.4 Å². The molecule has 1 N–H and O–H groups in total. The molecule has 7 heteroatoms. The monoisotopic (exact) mass is 274 g/mol. The molecule has 0 spiro atoms. The molecule has 0 aromatic rings. The van der Waals surface area contributed by atoms with E-state index in [1.54, 1.807) is 22.6 Å². The molecule has 0 atom stereocenters. The van der Waals surface area contributed by atoms with Gasteiger partial charge in [-0.1, -0.05) is 22.6 Å². The minimum atomic E-state index is -3.12. The van der Waals surface area contributed by atoms with Crippen LogP contribution in [0.4, 0.5) is 8.78 Å². The van der Waals surface area contributed by atoms with Gasteiger partial charge in [-0.3, -0.25) is 4.55 Å². The first-order valence-electron chi connectivity index (χ1n) is 1.68. The van der Waals surface area contributed by atoms with Crippen molar-refractivity contribution in [2.45, 2.75) is 6.43 Å². The van der Waals surface area contributed by atoms with Crippen LogP contribution in [0, 0.1) is 0 Å². The first kappa shape index (κ1) is 12.2. The molecule has 9 heavy (non-hydrogen) atoms. The third-order valence-corrected chi connectivity index (χ3v) is 0.782. The molecule has 0 radical (unpaired) electrons. The summed E-state index contributed by atoms with van der Waals surface area (Å²) < 4.78 is 45.6. The minimum absolute atomic E-state index is 0.0578. The van der Waals surface area contributed by atoms with E-state index >= 15 is 0 Å². The second-order valence-electron chi connectivity index (χ2n) is 0.783. The molecule has 0 fully saturated rings. The number of alkyl halides is 3. The highest BCUT2D eigenvalue weighted by molar-refractivity contribution is 14.1. The highest BCUT2D eigenvalue weighted by Gasteiger charge is 1.92. The van der Waals surface area contributed by atoms with Gasteiger partial charge in [0.15, 0.2) is 0 Å². The molecule has 0 aromatic heterocycles. The molecule has 0 saturated heterocycles. The van der Waals surface area contributed by atoms with Crippen molar-refractivity contribution in [2.75, 3.05) is 4.43 Å². The molecular weight excluding hydrogens is 269 g/mol. The number of hydrogen-bond donors (Lipinski definition) is 2. The van der Waals surface area contributed by atoms with E-state index in [1.165, 1.54) is 0 Å². The first-order chi connectivity index (χ1) is 4.00. The van der Waals surface area contributed by atoms with Gasteiger partial charge in [-0.2, -0.15) is 0 Å². The van der Waals surface area contributed by atoms with Crippen LogP contribution in [0.25, 0.3) is 0 Å². The number of thiol groups is 1. The molecule has 0 heterocycles. The third kappa shape index (κ3) is 57.5. The van der Waals surface area contributed by atoms with E-state index in [1.807, 2.05) is 0 Å². The zero-order valence-corrected chi connectivity index (χ0v) is 7.18. The van der Waals surface area contributed by atoms with E-state index in [0.717, 1.165) is 0 Å². The van der Waals surface area contributed by atoms with Crippen LogP contribution in [0.3, 0.4) is 0 Å². The summed E-state index contributed by atoms with van der Waals surface area (Å²) in [6, 6.07) is 0. The summed E-state index contributed by atoms with van der Waals surface area (Å²) in [5, 5.41) is 0. The van der Waals surface area contributed by atoms with Crippen LogP contribution in [0.5, 0.6) is 0 Å². The Morgan fingerprint density at radius 2 is 1.67 bits per heavy atom. The van der Waals surface area contributed by atoms with Crippen LogP contribution in [-0.4, -0.2) is 23.8 Å². The van der Waals surface area contributed by atoms with Crippen molar-refractivity contribution in [1.82, 2.24) is 0 Å². The lowest BCUT2D eigenvalue weighted by atomic mass is 10.9. The smallest absolute Gasteiger partial charge is 0.254 e. The molecule has 3 nitrogen and oxygen atoms in total. The van der Waals surface area contributed by atoms with Crippen molar-refractivity contribution in [3.8, 4) is 0 Å². The average Bonchev–Trinajstić information content (AvgIpc) is 1.65. The second kappa shape index (κ2) is 8.50. The maximum atomic E-state index is 10.8. The Labute approximate surface area is 66.4 Å². The zero-order valence-electron chi connectivity index (χ0n) is 4.13. The Hall–Kier alpha value is 0.500. The standard InChI is InChI=1S/C2H3F2I.H2O3S/c3-2(4)1-5;1-4(2)3/h2H,1H2;4H,(H,1,2,3). The summed E-state index contributed by atoms with van der Waals surface area (Å²) in [6.07, 6.45) is -2.13. The predicted molar refractivity (Wildman–Crippen MR) is 37.8 cm³/mol. The molecule has 0 aliphatic heterocycles. The van der Waals surface area contributed by atoms with Crippen molar-refractivity contribution in [3.05, 3.63) is 0 Å².